The van der Waals surface area contributed by atoms with Gasteiger partial charge in [-0.1, -0.05) is 0 Å². The minimum absolute atomic E-state index is 1.00. The van der Waals surface area contributed by atoms with Gasteiger partial charge >= 0.3 is 0 Å². The number of imidazole rings is 1. The van der Waals surface area contributed by atoms with Gasteiger partial charge in [-0.25, -0.2) is 4.98 Å². The van der Waals surface area contributed by atoms with E-state index in [1.54, 1.807) is 11.8 Å². The second-order valence-electron chi connectivity index (χ2n) is 2.34. The van der Waals surface area contributed by atoms with Gasteiger partial charge in [-0.3, -0.25) is 0 Å². The molecule has 0 saturated heterocycles. The van der Waals surface area contributed by atoms with Crippen molar-refractivity contribution in [2.45, 2.75) is 12.7 Å². The fourth-order valence-corrected chi connectivity index (χ4v) is 1.46. The molecule has 0 amide bonds. The largest absolute Gasteiger partial charge is 0.337 e. The zero-order valence-corrected chi connectivity index (χ0v) is 7.40. The molecule has 1 aromatic heterocycles. The zero-order chi connectivity index (χ0) is 7.56. The van der Waals surface area contributed by atoms with E-state index >= 15 is 0 Å². The van der Waals surface area contributed by atoms with Crippen LogP contribution in [-0.2, 0) is 12.8 Å². The molecule has 1 heterocycles. The van der Waals surface area contributed by atoms with Crippen molar-refractivity contribution in [2.75, 3.05) is 6.26 Å². The highest BCUT2D eigenvalue weighted by atomic mass is 32.2. The van der Waals surface area contributed by atoms with E-state index in [0.717, 1.165) is 17.3 Å². The van der Waals surface area contributed by atoms with Crippen molar-refractivity contribution in [1.82, 2.24) is 9.55 Å². The van der Waals surface area contributed by atoms with E-state index in [4.69, 9.17) is 0 Å². The van der Waals surface area contributed by atoms with Crippen molar-refractivity contribution in [3.63, 3.8) is 0 Å². The van der Waals surface area contributed by atoms with Crippen LogP contribution >= 0.6 is 11.8 Å². The first-order valence-electron chi connectivity index (χ1n) is 3.22. The monoisotopic (exact) mass is 156 g/mol. The molecule has 0 bridgehead atoms. The van der Waals surface area contributed by atoms with Crippen molar-refractivity contribution < 1.29 is 0 Å². The minimum Gasteiger partial charge on any atom is -0.337 e. The van der Waals surface area contributed by atoms with Crippen LogP contribution in [0.3, 0.4) is 0 Å². The van der Waals surface area contributed by atoms with Gasteiger partial charge < -0.3 is 4.57 Å². The number of thioether (sulfide) groups is 1. The molecule has 0 radical (unpaired) electrons. The Morgan fingerprint density at radius 2 is 2.40 bits per heavy atom. The number of nitrogens with zero attached hydrogens (tertiary/aromatic N) is 2. The van der Waals surface area contributed by atoms with Gasteiger partial charge in [-0.15, -0.1) is 0 Å². The summed E-state index contributed by atoms with van der Waals surface area (Å²) in [6.45, 7) is 2.02. The second-order valence-corrected chi connectivity index (χ2v) is 3.21. The normalized spacial score (nSPS) is 10.3. The molecule has 1 aromatic rings. The molecule has 0 spiro atoms. The summed E-state index contributed by atoms with van der Waals surface area (Å²) in [5, 5.41) is 0. The van der Waals surface area contributed by atoms with E-state index in [2.05, 4.69) is 15.8 Å². The Labute approximate surface area is 65.7 Å². The topological polar surface area (TPSA) is 17.8 Å². The lowest BCUT2D eigenvalue weighted by Gasteiger charge is -1.95. The Hall–Kier alpha value is -0.440. The molecule has 10 heavy (non-hydrogen) atoms. The van der Waals surface area contributed by atoms with Gasteiger partial charge in [-0.05, 0) is 13.2 Å². The molecule has 0 aliphatic rings. The molecule has 0 aliphatic carbocycles. The molecule has 0 N–H and O–H groups in total. The van der Waals surface area contributed by atoms with Crippen molar-refractivity contribution in [3.8, 4) is 0 Å². The molecule has 0 fully saturated rings. The molecule has 3 heteroatoms. The summed E-state index contributed by atoms with van der Waals surface area (Å²) in [6, 6.07) is 0. The predicted molar refractivity (Wildman–Crippen MR) is 45.2 cm³/mol. The van der Waals surface area contributed by atoms with Crippen LogP contribution in [0, 0.1) is 6.92 Å². The van der Waals surface area contributed by atoms with Gasteiger partial charge in [0.2, 0.25) is 0 Å². The van der Waals surface area contributed by atoms with Crippen LogP contribution in [0.15, 0.2) is 6.20 Å². The molecular weight excluding hydrogens is 144 g/mol. The SMILES string of the molecule is CSCc1nc(C)cn1C. The number of aryl methyl sites for hydroxylation is 2. The van der Waals surface area contributed by atoms with Crippen LogP contribution < -0.4 is 0 Å². The average molecular weight is 156 g/mol. The lowest BCUT2D eigenvalue weighted by Crippen LogP contribution is -1.93. The van der Waals surface area contributed by atoms with Crippen LogP contribution in [0.2, 0.25) is 0 Å². The first-order chi connectivity index (χ1) is 4.74. The fraction of sp³-hybridized carbons (Fsp3) is 0.571. The highest BCUT2D eigenvalue weighted by Crippen LogP contribution is 2.07. The summed E-state index contributed by atoms with van der Waals surface area (Å²) in [5.41, 5.74) is 1.10. The molecule has 0 unspecified atom stereocenters. The van der Waals surface area contributed by atoms with Crippen LogP contribution in [0.25, 0.3) is 0 Å². The van der Waals surface area contributed by atoms with Crippen LogP contribution in [0.4, 0.5) is 0 Å². The molecule has 0 saturated carbocycles. The highest BCUT2D eigenvalue weighted by molar-refractivity contribution is 7.97. The van der Waals surface area contributed by atoms with Crippen molar-refractivity contribution >= 4 is 11.8 Å². The van der Waals surface area contributed by atoms with Crippen LogP contribution in [0.1, 0.15) is 11.5 Å². The molecule has 0 aliphatic heterocycles. The highest BCUT2D eigenvalue weighted by Gasteiger charge is 1.98. The Balaban J connectivity index is 2.81. The summed E-state index contributed by atoms with van der Waals surface area (Å²) >= 11 is 1.80. The molecule has 1 rings (SSSR count). The molecule has 0 atom stereocenters. The number of aromatic nitrogens is 2. The Kier molecular flexibility index (Phi) is 2.38. The molecule has 0 aromatic carbocycles. The smallest absolute Gasteiger partial charge is 0.118 e. The summed E-state index contributed by atoms with van der Waals surface area (Å²) < 4.78 is 2.08. The van der Waals surface area contributed by atoms with Gasteiger partial charge in [0, 0.05) is 13.2 Å². The fourth-order valence-electron chi connectivity index (χ4n) is 0.929. The first kappa shape index (κ1) is 7.66. The van der Waals surface area contributed by atoms with Crippen molar-refractivity contribution in [3.05, 3.63) is 17.7 Å². The van der Waals surface area contributed by atoms with Gasteiger partial charge in [0.15, 0.2) is 0 Å². The minimum atomic E-state index is 1.00. The summed E-state index contributed by atoms with van der Waals surface area (Å²) in [6.07, 6.45) is 4.13. The van der Waals surface area contributed by atoms with Gasteiger partial charge in [-0.2, -0.15) is 11.8 Å². The second kappa shape index (κ2) is 3.10. The predicted octanol–water partition coefficient (Wildman–Crippen LogP) is 1.59. The van der Waals surface area contributed by atoms with E-state index in [9.17, 15) is 0 Å². The third kappa shape index (κ3) is 1.53. The Bertz CT molecular complexity index is 217. The maximum Gasteiger partial charge on any atom is 0.118 e. The van der Waals surface area contributed by atoms with Crippen LogP contribution in [0.5, 0.6) is 0 Å². The third-order valence-corrected chi connectivity index (χ3v) is 1.91. The molecule has 2 nitrogen and oxygen atoms in total. The molecule has 56 valence electrons. The maximum atomic E-state index is 4.34. The maximum absolute atomic E-state index is 4.34. The number of hydrogen-bond donors (Lipinski definition) is 0. The first-order valence-corrected chi connectivity index (χ1v) is 4.61. The number of rotatable bonds is 2. The zero-order valence-electron chi connectivity index (χ0n) is 6.59. The Morgan fingerprint density at radius 1 is 1.70 bits per heavy atom. The van der Waals surface area contributed by atoms with E-state index in [1.165, 1.54) is 0 Å². The summed E-state index contributed by atoms with van der Waals surface area (Å²) in [4.78, 5) is 4.34. The van der Waals surface area contributed by atoms with Gasteiger partial charge in [0.05, 0.1) is 11.4 Å². The average Bonchev–Trinajstić information content (AvgIpc) is 2.13. The van der Waals surface area contributed by atoms with Gasteiger partial charge in [0.25, 0.3) is 0 Å². The lowest BCUT2D eigenvalue weighted by molar-refractivity contribution is 0.850. The van der Waals surface area contributed by atoms with Crippen molar-refractivity contribution in [1.29, 1.82) is 0 Å². The summed E-state index contributed by atoms with van der Waals surface area (Å²) in [5.74, 6) is 2.16. The van der Waals surface area contributed by atoms with Crippen LogP contribution in [-0.4, -0.2) is 15.8 Å². The third-order valence-electron chi connectivity index (χ3n) is 1.37. The van der Waals surface area contributed by atoms with Crippen molar-refractivity contribution in [2.24, 2.45) is 7.05 Å². The number of hydrogen-bond acceptors (Lipinski definition) is 2. The lowest BCUT2D eigenvalue weighted by atomic mass is 10.6. The van der Waals surface area contributed by atoms with E-state index in [0.29, 0.717) is 0 Å². The summed E-state index contributed by atoms with van der Waals surface area (Å²) in [7, 11) is 2.03. The van der Waals surface area contributed by atoms with E-state index in [-0.39, 0.29) is 0 Å². The van der Waals surface area contributed by atoms with E-state index < -0.39 is 0 Å². The quantitative estimate of drug-likeness (QED) is 0.647. The van der Waals surface area contributed by atoms with Gasteiger partial charge in [0.1, 0.15) is 5.82 Å². The molecular formula is C7H12N2S. The standard InChI is InChI=1S/C7H12N2S/c1-6-4-9(2)7(8-6)5-10-3/h4H,5H2,1-3H3. The Morgan fingerprint density at radius 3 is 2.80 bits per heavy atom. The van der Waals surface area contributed by atoms with E-state index in [1.807, 2.05) is 20.2 Å².